The number of benzene rings is 3. The highest BCUT2D eigenvalue weighted by Crippen LogP contribution is 2.47. The number of imidazole rings is 2. The van der Waals surface area contributed by atoms with E-state index in [2.05, 4.69) is 58.5 Å². The van der Waals surface area contributed by atoms with Crippen LogP contribution < -0.4 is 0 Å². The highest BCUT2D eigenvalue weighted by Gasteiger charge is 2.58. The Labute approximate surface area is 346 Å². The van der Waals surface area contributed by atoms with E-state index in [-0.39, 0.29) is 29.9 Å². The van der Waals surface area contributed by atoms with Gasteiger partial charge in [-0.3, -0.25) is 19.4 Å². The van der Waals surface area contributed by atoms with Crippen LogP contribution in [0.25, 0.3) is 33.6 Å². The van der Waals surface area contributed by atoms with Gasteiger partial charge in [0.05, 0.1) is 35.9 Å². The summed E-state index contributed by atoms with van der Waals surface area (Å²) in [4.78, 5) is 64.8. The number of hydrogen-bond acceptors (Lipinski definition) is 6. The molecule has 0 spiro atoms. The monoisotopic (exact) mass is 796 g/mol. The third-order valence-electron chi connectivity index (χ3n) is 12.9. The fraction of sp³-hybridized carbons (Fsp3) is 0.426. The van der Waals surface area contributed by atoms with Crippen LogP contribution in [-0.2, 0) is 9.59 Å². The van der Waals surface area contributed by atoms with Crippen molar-refractivity contribution in [1.82, 2.24) is 39.5 Å². The van der Waals surface area contributed by atoms with Gasteiger partial charge in [-0.25, -0.2) is 14.8 Å². The average Bonchev–Trinajstić information content (AvgIpc) is 4.08. The van der Waals surface area contributed by atoms with Crippen LogP contribution in [0.4, 0.5) is 4.79 Å². The van der Waals surface area contributed by atoms with Crippen LogP contribution in [0.15, 0.2) is 91.3 Å². The number of likely N-dealkylation sites (N-methyl/N-ethyl adjacent to an activating group) is 1. The van der Waals surface area contributed by atoms with Crippen molar-refractivity contribution < 1.29 is 19.5 Å². The molecule has 308 valence electrons. The van der Waals surface area contributed by atoms with E-state index < -0.39 is 17.0 Å². The van der Waals surface area contributed by atoms with Crippen molar-refractivity contribution in [1.29, 1.82) is 0 Å². The number of carbonyl (C=O) groups is 3. The summed E-state index contributed by atoms with van der Waals surface area (Å²) in [5, 5.41) is 10.2. The molecule has 0 aliphatic carbocycles. The molecule has 3 N–H and O–H groups in total. The molecule has 2 aromatic heterocycles. The summed E-state index contributed by atoms with van der Waals surface area (Å²) in [6.45, 7) is 7.60. The first-order valence-corrected chi connectivity index (χ1v) is 21.0. The zero-order valence-corrected chi connectivity index (χ0v) is 34.8. The lowest BCUT2D eigenvalue weighted by molar-refractivity contribution is -0.156. The fourth-order valence-electron chi connectivity index (χ4n) is 9.85. The Morgan fingerprint density at radius 1 is 0.712 bits per heavy atom. The van der Waals surface area contributed by atoms with Crippen LogP contribution in [-0.4, -0.2) is 102 Å². The van der Waals surface area contributed by atoms with Crippen LogP contribution in [0.2, 0.25) is 0 Å². The van der Waals surface area contributed by atoms with E-state index in [0.717, 1.165) is 89.4 Å². The van der Waals surface area contributed by atoms with Crippen molar-refractivity contribution in [2.75, 3.05) is 33.7 Å². The Bertz CT molecular complexity index is 2280. The summed E-state index contributed by atoms with van der Waals surface area (Å²) >= 11 is 0. The predicted octanol–water partition coefficient (Wildman–Crippen LogP) is 8.71. The number of likely N-dealkylation sites (tertiary alicyclic amines) is 3. The van der Waals surface area contributed by atoms with Crippen molar-refractivity contribution >= 4 is 17.9 Å². The van der Waals surface area contributed by atoms with Gasteiger partial charge in [0.15, 0.2) is 0 Å². The largest absolute Gasteiger partial charge is 0.465 e. The number of carboxylic acid groups (broad SMARTS) is 1. The van der Waals surface area contributed by atoms with E-state index in [9.17, 15) is 19.5 Å². The Morgan fingerprint density at radius 2 is 1.22 bits per heavy atom. The molecular formula is C47H56N8O4. The van der Waals surface area contributed by atoms with Gasteiger partial charge in [-0.2, -0.15) is 0 Å². The minimum absolute atomic E-state index is 0.0941. The third-order valence-corrected chi connectivity index (χ3v) is 12.9. The molecule has 4 atom stereocenters. The van der Waals surface area contributed by atoms with Crippen LogP contribution >= 0.6 is 0 Å². The van der Waals surface area contributed by atoms with Gasteiger partial charge in [0.25, 0.3) is 0 Å². The molecule has 12 heteroatoms. The smallest absolute Gasteiger partial charge is 0.408 e. The lowest BCUT2D eigenvalue weighted by Crippen LogP contribution is -2.68. The van der Waals surface area contributed by atoms with Crippen molar-refractivity contribution in [3.8, 4) is 33.6 Å². The van der Waals surface area contributed by atoms with Crippen molar-refractivity contribution in [2.24, 2.45) is 5.41 Å². The second-order valence-corrected chi connectivity index (χ2v) is 17.6. The van der Waals surface area contributed by atoms with Gasteiger partial charge in [-0.1, -0.05) is 99.6 Å². The molecule has 12 nitrogen and oxygen atoms in total. The van der Waals surface area contributed by atoms with Crippen LogP contribution in [0.1, 0.15) is 101 Å². The average molecular weight is 797 g/mol. The van der Waals surface area contributed by atoms with Gasteiger partial charge in [-0.05, 0) is 92.3 Å². The molecule has 5 heterocycles. The number of nitrogens with zero attached hydrogens (tertiary/aromatic N) is 6. The van der Waals surface area contributed by atoms with Gasteiger partial charge >= 0.3 is 6.09 Å². The van der Waals surface area contributed by atoms with Crippen molar-refractivity contribution in [3.05, 3.63) is 108 Å². The standard InChI is InChI=1S/C47H56N8O4/c1-46(2,3)47(25-9-10-28-55(47)45(58)59)44(57)54-27-12-16-39(54)42-49-30-37(51-42)34-23-19-32(20-24-34)31-17-21-33(22-18-31)36-29-48-41(50-36)38-15-11-26-53(38)43(56)40(52(4)5)35-13-7-6-8-14-35/h6-8,13-14,17-24,29-30,38-40H,9-12,15-16,25-28H2,1-5H3,(H,48,50)(H,49,51)(H,58,59)/t38-,39-,40+,47-/m0/s1. The van der Waals surface area contributed by atoms with Crippen molar-refractivity contribution in [3.63, 3.8) is 0 Å². The molecule has 5 aromatic rings. The highest BCUT2D eigenvalue weighted by atomic mass is 16.4. The highest BCUT2D eigenvalue weighted by molar-refractivity contribution is 5.91. The number of aromatic amines is 2. The minimum atomic E-state index is -1.12. The quantitative estimate of drug-likeness (QED) is 0.136. The first-order chi connectivity index (χ1) is 28.4. The van der Waals surface area contributed by atoms with E-state index in [0.29, 0.717) is 26.1 Å². The number of hydrogen-bond donors (Lipinski definition) is 3. The molecule has 0 radical (unpaired) electrons. The number of rotatable bonds is 9. The molecule has 3 saturated heterocycles. The Balaban J connectivity index is 0.943. The normalized spacial score (nSPS) is 21.6. The molecule has 3 fully saturated rings. The third kappa shape index (κ3) is 7.43. The zero-order chi connectivity index (χ0) is 41.5. The van der Waals surface area contributed by atoms with E-state index in [1.54, 1.807) is 0 Å². The van der Waals surface area contributed by atoms with Gasteiger partial charge in [0.2, 0.25) is 11.8 Å². The van der Waals surface area contributed by atoms with E-state index in [4.69, 9.17) is 9.97 Å². The zero-order valence-electron chi connectivity index (χ0n) is 34.8. The fourth-order valence-corrected chi connectivity index (χ4v) is 9.85. The summed E-state index contributed by atoms with van der Waals surface area (Å²) in [5.41, 5.74) is 5.24. The summed E-state index contributed by atoms with van der Waals surface area (Å²) in [5.74, 6) is 1.52. The number of aromatic nitrogens is 4. The van der Waals surface area contributed by atoms with E-state index in [1.807, 2.05) is 92.3 Å². The predicted molar refractivity (Wildman–Crippen MR) is 228 cm³/mol. The second kappa shape index (κ2) is 16.1. The van der Waals surface area contributed by atoms with Gasteiger partial charge in [-0.15, -0.1) is 0 Å². The number of nitrogens with one attached hydrogen (secondary N) is 2. The second-order valence-electron chi connectivity index (χ2n) is 17.6. The molecule has 59 heavy (non-hydrogen) atoms. The van der Waals surface area contributed by atoms with Gasteiger partial charge in [0, 0.05) is 19.6 Å². The molecule has 8 rings (SSSR count). The maximum absolute atomic E-state index is 14.5. The van der Waals surface area contributed by atoms with Crippen LogP contribution in [0.5, 0.6) is 0 Å². The summed E-state index contributed by atoms with van der Waals surface area (Å²) < 4.78 is 0. The lowest BCUT2D eigenvalue weighted by Gasteiger charge is -2.53. The first kappa shape index (κ1) is 40.0. The molecule has 0 bridgehead atoms. The van der Waals surface area contributed by atoms with Crippen LogP contribution in [0, 0.1) is 5.41 Å². The topological polar surface area (TPSA) is 142 Å². The van der Waals surface area contributed by atoms with Gasteiger partial charge in [0.1, 0.15) is 23.2 Å². The number of H-pyrrole nitrogens is 2. The Kier molecular flexibility index (Phi) is 10.9. The summed E-state index contributed by atoms with van der Waals surface area (Å²) in [7, 11) is 3.90. The molecule has 3 aliphatic heterocycles. The summed E-state index contributed by atoms with van der Waals surface area (Å²) in [6, 6.07) is 26.0. The summed E-state index contributed by atoms with van der Waals surface area (Å²) in [6.07, 6.45) is 8.16. The molecular weight excluding hydrogens is 741 g/mol. The molecule has 3 aliphatic rings. The van der Waals surface area contributed by atoms with Crippen LogP contribution in [0.3, 0.4) is 0 Å². The maximum Gasteiger partial charge on any atom is 0.408 e. The SMILES string of the molecule is CN(C)[C@@H](C(=O)N1CCC[C@H]1c1ncc(-c2ccc(-c3ccc(-c4cnc([C@@H]5CCCN5C(=O)[C@]5(C(C)(C)C)CCCCN5C(=O)O)[nH]4)cc3)cc2)[nH]1)c1ccccc1. The Hall–Kier alpha value is -5.75. The molecule has 0 saturated carbocycles. The first-order valence-electron chi connectivity index (χ1n) is 21.0. The number of amides is 3. The maximum atomic E-state index is 14.5. The molecule has 0 unspecified atom stereocenters. The van der Waals surface area contributed by atoms with E-state index >= 15 is 0 Å². The Morgan fingerprint density at radius 3 is 1.73 bits per heavy atom. The van der Waals surface area contributed by atoms with E-state index in [1.165, 1.54) is 4.90 Å². The minimum Gasteiger partial charge on any atom is -0.465 e. The number of carbonyl (C=O) groups excluding carboxylic acids is 2. The van der Waals surface area contributed by atoms with Gasteiger partial charge < -0.3 is 24.9 Å². The molecule has 3 amide bonds. The lowest BCUT2D eigenvalue weighted by atomic mass is 9.67. The number of piperidine rings is 1. The van der Waals surface area contributed by atoms with Crippen molar-refractivity contribution in [2.45, 2.75) is 89.4 Å². The molecule has 3 aromatic carbocycles.